The molecule has 0 saturated heterocycles. The molecule has 4 aliphatic heterocycles. The van der Waals surface area contributed by atoms with Gasteiger partial charge in [-0.2, -0.15) is 0 Å². The molecule has 12 aromatic rings. The van der Waals surface area contributed by atoms with Crippen molar-refractivity contribution in [3.05, 3.63) is 182 Å². The predicted octanol–water partition coefficient (Wildman–Crippen LogP) is 17.6. The van der Waals surface area contributed by atoms with Crippen LogP contribution in [0.5, 0.6) is 34.5 Å². The quantitative estimate of drug-likeness (QED) is 0.111. The maximum absolute atomic E-state index is 6.99. The summed E-state index contributed by atoms with van der Waals surface area (Å²) in [5.74, 6) is 3.10. The number of fused-ring (bicyclic) bond motifs is 21. The monoisotopic (exact) mass is 909 g/mol. The fourth-order valence-electron chi connectivity index (χ4n) is 10.7. The van der Waals surface area contributed by atoms with Crippen molar-refractivity contribution in [2.45, 2.75) is 0 Å². The lowest BCUT2D eigenvalue weighted by Crippen LogP contribution is -2.02. The highest BCUT2D eigenvalue weighted by atomic mass is 31.3. The van der Waals surface area contributed by atoms with Gasteiger partial charge in [0.1, 0.15) is 0 Å². The highest BCUT2D eigenvalue weighted by molar-refractivity contribution is 7.79. The highest BCUT2D eigenvalue weighted by Gasteiger charge is 2.54. The second-order valence-electron chi connectivity index (χ2n) is 17.1. The molecule has 0 N–H and O–H groups in total. The molecule has 0 aromatic heterocycles. The van der Waals surface area contributed by atoms with Gasteiger partial charge in [0.05, 0.1) is 0 Å². The fourth-order valence-corrected chi connectivity index (χ4v) is 19.8. The third kappa shape index (κ3) is 4.79. The summed E-state index contributed by atoms with van der Waals surface area (Å²) in [6.45, 7) is 0. The van der Waals surface area contributed by atoms with E-state index in [1.807, 2.05) is 36.4 Å². The molecule has 66 heavy (non-hydrogen) atoms. The summed E-state index contributed by atoms with van der Waals surface area (Å²) >= 11 is 0. The molecule has 0 unspecified atom stereocenters. The highest BCUT2D eigenvalue weighted by Crippen LogP contribution is 2.83. The van der Waals surface area contributed by atoms with Crippen LogP contribution in [0.25, 0.3) is 97.0 Å². The number of hydrogen-bond donors (Lipinski definition) is 0. The first kappa shape index (κ1) is 35.8. The molecule has 9 nitrogen and oxygen atoms in total. The molecular weight excluding hydrogens is 880 g/mol. The molecule has 3 spiro atoms. The van der Waals surface area contributed by atoms with E-state index in [4.69, 9.17) is 40.7 Å². The summed E-state index contributed by atoms with van der Waals surface area (Å²) in [7, 11) is -11.2. The van der Waals surface area contributed by atoms with Crippen molar-refractivity contribution in [3.63, 3.8) is 0 Å². The molecule has 0 atom stereocenters. The van der Waals surface area contributed by atoms with Crippen molar-refractivity contribution in [2.24, 2.45) is 13.5 Å². The molecule has 0 radical (unpaired) electrons. The van der Waals surface area contributed by atoms with Crippen LogP contribution in [0.4, 0.5) is 0 Å². The molecule has 4 heterocycles. The van der Waals surface area contributed by atoms with Crippen molar-refractivity contribution in [1.82, 2.24) is 0 Å². The molecule has 0 saturated carbocycles. The lowest BCUT2D eigenvalue weighted by molar-refractivity contribution is 0.519. The van der Waals surface area contributed by atoms with Crippen molar-refractivity contribution >= 4 is 120 Å². The normalized spacial score (nSPS) is 16.7. The molecule has 16 rings (SSSR count). The van der Waals surface area contributed by atoms with Gasteiger partial charge in [0.25, 0.3) is 0 Å². The number of benzene rings is 12. The van der Waals surface area contributed by atoms with Crippen LogP contribution in [0.1, 0.15) is 0 Å². The summed E-state index contributed by atoms with van der Waals surface area (Å²) in [5, 5.41) is 19.7. The molecular formula is C54H30N3O6P3. The van der Waals surface area contributed by atoms with Crippen LogP contribution < -0.4 is 27.1 Å². The lowest BCUT2D eigenvalue weighted by atomic mass is 9.94. The first-order valence-electron chi connectivity index (χ1n) is 21.7. The second kappa shape index (κ2) is 12.4. The summed E-state index contributed by atoms with van der Waals surface area (Å²) in [4.78, 5) is 0. The van der Waals surface area contributed by atoms with Gasteiger partial charge in [0, 0.05) is 0 Å². The van der Waals surface area contributed by atoms with E-state index in [1.54, 1.807) is 0 Å². The number of hydrogen-bond acceptors (Lipinski definition) is 9. The van der Waals surface area contributed by atoms with Gasteiger partial charge in [-0.05, 0) is 133 Å². The standard InChI is InChI=1S/C54H30N3O6P3/c1-7-19-37-31(13-1)32-14-2-8-20-38(32)44-26-50-49(25-43(37)44)58-64(59-50)55-65(60-51-27-45-39-21-9-3-15-33(39)34-16-4-10-22-40(34)46(45)28-52(51)61-65)57-66(56-64)62-53-29-47-41-23-11-5-17-35(41)36-18-6-12-24-42(36)48(47)30-54(53)63-66/h1-30H. The molecule has 0 amide bonds. The minimum atomic E-state index is -3.73. The predicted molar refractivity (Wildman–Crippen MR) is 269 cm³/mol. The maximum atomic E-state index is 6.99. The number of nitrogens with zero attached hydrogens (tertiary/aromatic N) is 3. The van der Waals surface area contributed by atoms with Gasteiger partial charge in [-0.1, -0.05) is 159 Å². The largest absolute Gasteiger partial charge is 0.461 e. The Hall–Kier alpha value is -7.53. The van der Waals surface area contributed by atoms with Gasteiger partial charge in [-0.3, -0.25) is 0 Å². The average Bonchev–Trinajstić information content (AvgIpc) is 3.99. The Labute approximate surface area is 375 Å². The van der Waals surface area contributed by atoms with E-state index in [-0.39, 0.29) is 0 Å². The SMILES string of the molecule is c1ccc2c(c1)c1ccccc1c1cc3c(cc21)OP1(=NP2(=NP4(=N1)Oc1cc5c6ccccc6c6ccccc6c5cc1O4)Oc1cc4c5ccccc5c5ccccc5c4cc1O2)O3. The minimum Gasteiger partial charge on any atom is -0.409 e. The minimum absolute atomic E-state index is 0.516. The van der Waals surface area contributed by atoms with E-state index < -0.39 is 23.0 Å². The van der Waals surface area contributed by atoms with E-state index >= 15 is 0 Å². The van der Waals surface area contributed by atoms with Gasteiger partial charge in [-0.25, -0.2) is 0 Å². The Bertz CT molecular complexity index is 3760. The Morgan fingerprint density at radius 1 is 0.197 bits per heavy atom. The zero-order valence-electron chi connectivity index (χ0n) is 34.5. The van der Waals surface area contributed by atoms with Gasteiger partial charge in [-0.15, -0.1) is 0 Å². The summed E-state index contributed by atoms with van der Waals surface area (Å²) in [6, 6.07) is 62.9. The second-order valence-corrected chi connectivity index (χ2v) is 23.3. The smallest absolute Gasteiger partial charge is 0.409 e. The van der Waals surface area contributed by atoms with E-state index in [2.05, 4.69) is 146 Å². The lowest BCUT2D eigenvalue weighted by Gasteiger charge is -2.24. The first-order valence-corrected chi connectivity index (χ1v) is 26.3. The van der Waals surface area contributed by atoms with Crippen molar-refractivity contribution < 1.29 is 27.1 Å². The third-order valence-electron chi connectivity index (χ3n) is 13.4. The molecule has 0 aliphatic carbocycles. The topological polar surface area (TPSA) is 92.5 Å². The van der Waals surface area contributed by atoms with Crippen LogP contribution in [0.2, 0.25) is 0 Å². The van der Waals surface area contributed by atoms with Gasteiger partial charge >= 0.3 is 23.0 Å². The Morgan fingerprint density at radius 3 is 0.485 bits per heavy atom. The van der Waals surface area contributed by atoms with E-state index in [9.17, 15) is 0 Å². The Balaban J connectivity index is 0.930. The van der Waals surface area contributed by atoms with Crippen LogP contribution >= 0.6 is 23.0 Å². The maximum Gasteiger partial charge on any atom is 0.461 e. The van der Waals surface area contributed by atoms with Gasteiger partial charge in [0.2, 0.25) is 0 Å². The zero-order valence-corrected chi connectivity index (χ0v) is 37.1. The van der Waals surface area contributed by atoms with Crippen LogP contribution in [-0.2, 0) is 0 Å². The fraction of sp³-hybridized carbons (Fsp3) is 0. The molecule has 0 bridgehead atoms. The molecule has 12 aromatic carbocycles. The van der Waals surface area contributed by atoms with Crippen LogP contribution in [0.15, 0.2) is 196 Å². The zero-order chi connectivity index (χ0) is 42.9. The summed E-state index contributed by atoms with van der Waals surface area (Å²) < 4.78 is 57.8. The average molecular weight is 910 g/mol. The first-order chi connectivity index (χ1) is 32.5. The molecule has 12 heteroatoms. The van der Waals surface area contributed by atoms with Gasteiger partial charge in [0.15, 0.2) is 34.5 Å². The Kier molecular flexibility index (Phi) is 6.73. The van der Waals surface area contributed by atoms with Crippen molar-refractivity contribution in [3.8, 4) is 34.5 Å². The van der Waals surface area contributed by atoms with E-state index in [1.165, 1.54) is 0 Å². The van der Waals surface area contributed by atoms with E-state index in [0.717, 1.165) is 97.0 Å². The number of rotatable bonds is 0. The third-order valence-corrected chi connectivity index (χ3v) is 21.4. The summed E-state index contributed by atoms with van der Waals surface area (Å²) in [6.07, 6.45) is 0. The Morgan fingerprint density at radius 2 is 0.333 bits per heavy atom. The van der Waals surface area contributed by atoms with Crippen molar-refractivity contribution in [1.29, 1.82) is 0 Å². The van der Waals surface area contributed by atoms with E-state index in [0.29, 0.717) is 34.5 Å². The van der Waals surface area contributed by atoms with Crippen molar-refractivity contribution in [2.75, 3.05) is 0 Å². The summed E-state index contributed by atoms with van der Waals surface area (Å²) in [5.41, 5.74) is 0. The molecule has 4 aliphatic rings. The van der Waals surface area contributed by atoms with Crippen LogP contribution in [0.3, 0.4) is 0 Å². The van der Waals surface area contributed by atoms with Crippen LogP contribution in [0, 0.1) is 0 Å². The molecule has 312 valence electrons. The van der Waals surface area contributed by atoms with Gasteiger partial charge < -0.3 is 27.1 Å². The van der Waals surface area contributed by atoms with Crippen LogP contribution in [-0.4, -0.2) is 0 Å². The molecule has 0 fully saturated rings.